The third-order valence-electron chi connectivity index (χ3n) is 3.55. The third-order valence-corrected chi connectivity index (χ3v) is 3.92. The summed E-state index contributed by atoms with van der Waals surface area (Å²) >= 11 is 6.09. The van der Waals surface area contributed by atoms with Crippen molar-refractivity contribution in [2.24, 2.45) is 0 Å². The Balaban J connectivity index is 1.61. The van der Waals surface area contributed by atoms with Gasteiger partial charge in [-0.1, -0.05) is 35.9 Å². The number of hydrogen-bond acceptors (Lipinski definition) is 2. The van der Waals surface area contributed by atoms with E-state index >= 15 is 0 Å². The summed E-state index contributed by atoms with van der Waals surface area (Å²) in [7, 11) is 0. The zero-order chi connectivity index (χ0) is 17.6. The highest BCUT2D eigenvalue weighted by Crippen LogP contribution is 2.19. The van der Waals surface area contributed by atoms with Gasteiger partial charge < -0.3 is 10.1 Å². The van der Waals surface area contributed by atoms with Crippen LogP contribution in [0.15, 0.2) is 72.8 Å². The SMILES string of the molecule is O=C(Nc1cccc(F)c1)c1ccc(OCc2ccccc2Cl)cc1. The van der Waals surface area contributed by atoms with Crippen molar-refractivity contribution in [2.45, 2.75) is 6.61 Å². The molecule has 3 aromatic rings. The molecule has 0 aliphatic carbocycles. The maximum atomic E-state index is 13.1. The summed E-state index contributed by atoms with van der Waals surface area (Å²) in [5.41, 5.74) is 1.75. The smallest absolute Gasteiger partial charge is 0.255 e. The van der Waals surface area contributed by atoms with Crippen LogP contribution in [0.4, 0.5) is 10.1 Å². The summed E-state index contributed by atoms with van der Waals surface area (Å²) in [6.07, 6.45) is 0. The molecule has 0 radical (unpaired) electrons. The molecule has 25 heavy (non-hydrogen) atoms. The average Bonchev–Trinajstić information content (AvgIpc) is 2.61. The molecule has 0 fully saturated rings. The van der Waals surface area contributed by atoms with Crippen LogP contribution in [0.3, 0.4) is 0 Å². The Kier molecular flexibility index (Phi) is 5.31. The number of ether oxygens (including phenoxy) is 1. The van der Waals surface area contributed by atoms with Gasteiger partial charge in [0.15, 0.2) is 0 Å². The van der Waals surface area contributed by atoms with Gasteiger partial charge in [-0.15, -0.1) is 0 Å². The van der Waals surface area contributed by atoms with E-state index in [2.05, 4.69) is 5.32 Å². The molecule has 3 rings (SSSR count). The molecular formula is C20H15ClFNO2. The Morgan fingerprint density at radius 3 is 2.48 bits per heavy atom. The minimum absolute atomic E-state index is 0.316. The zero-order valence-electron chi connectivity index (χ0n) is 13.2. The molecule has 0 unspecified atom stereocenters. The molecular weight excluding hydrogens is 341 g/mol. The van der Waals surface area contributed by atoms with E-state index in [9.17, 15) is 9.18 Å². The number of amides is 1. The van der Waals surface area contributed by atoms with Crippen LogP contribution in [0.25, 0.3) is 0 Å². The molecule has 0 spiro atoms. The number of hydrogen-bond donors (Lipinski definition) is 1. The largest absolute Gasteiger partial charge is 0.489 e. The first-order chi connectivity index (χ1) is 12.1. The van der Waals surface area contributed by atoms with Crippen molar-refractivity contribution in [1.82, 2.24) is 0 Å². The topological polar surface area (TPSA) is 38.3 Å². The van der Waals surface area contributed by atoms with Gasteiger partial charge >= 0.3 is 0 Å². The van der Waals surface area contributed by atoms with E-state index in [1.807, 2.05) is 18.2 Å². The van der Waals surface area contributed by atoms with Crippen LogP contribution < -0.4 is 10.1 Å². The fourth-order valence-corrected chi connectivity index (χ4v) is 2.44. The number of rotatable bonds is 5. The predicted molar refractivity (Wildman–Crippen MR) is 96.6 cm³/mol. The predicted octanol–water partition coefficient (Wildman–Crippen LogP) is 5.31. The molecule has 0 atom stereocenters. The van der Waals surface area contributed by atoms with E-state index in [-0.39, 0.29) is 5.91 Å². The number of anilines is 1. The molecule has 0 aromatic heterocycles. The Labute approximate surface area is 150 Å². The van der Waals surface area contributed by atoms with Crippen LogP contribution in [-0.4, -0.2) is 5.91 Å². The first kappa shape index (κ1) is 17.0. The summed E-state index contributed by atoms with van der Waals surface area (Å²) < 4.78 is 18.8. The number of halogens is 2. The first-order valence-corrected chi connectivity index (χ1v) is 8.03. The monoisotopic (exact) mass is 355 g/mol. The average molecular weight is 356 g/mol. The Morgan fingerprint density at radius 1 is 1.00 bits per heavy atom. The summed E-state index contributed by atoms with van der Waals surface area (Å²) in [6.45, 7) is 0.342. The van der Waals surface area contributed by atoms with Crippen LogP contribution in [0.5, 0.6) is 5.75 Å². The molecule has 1 N–H and O–H groups in total. The second-order valence-electron chi connectivity index (χ2n) is 5.37. The van der Waals surface area contributed by atoms with Gasteiger partial charge in [0.25, 0.3) is 5.91 Å². The number of benzene rings is 3. The van der Waals surface area contributed by atoms with Crippen molar-refractivity contribution < 1.29 is 13.9 Å². The second-order valence-corrected chi connectivity index (χ2v) is 5.78. The molecule has 126 valence electrons. The Hall–Kier alpha value is -2.85. The van der Waals surface area contributed by atoms with Crippen molar-refractivity contribution in [3.63, 3.8) is 0 Å². The van der Waals surface area contributed by atoms with Crippen molar-refractivity contribution in [2.75, 3.05) is 5.32 Å². The molecule has 0 heterocycles. The van der Waals surface area contributed by atoms with Crippen LogP contribution in [0.1, 0.15) is 15.9 Å². The minimum atomic E-state index is -0.402. The molecule has 3 aromatic carbocycles. The maximum Gasteiger partial charge on any atom is 0.255 e. The molecule has 0 aliphatic heterocycles. The van der Waals surface area contributed by atoms with Crippen LogP contribution in [0.2, 0.25) is 5.02 Å². The highest BCUT2D eigenvalue weighted by molar-refractivity contribution is 6.31. The van der Waals surface area contributed by atoms with Gasteiger partial charge in [-0.05, 0) is 48.5 Å². The molecule has 0 saturated carbocycles. The summed E-state index contributed by atoms with van der Waals surface area (Å²) in [5, 5.41) is 3.29. The highest BCUT2D eigenvalue weighted by Gasteiger charge is 2.07. The number of carbonyl (C=O) groups excluding carboxylic acids is 1. The normalized spacial score (nSPS) is 10.3. The molecule has 0 saturated heterocycles. The Bertz CT molecular complexity index is 881. The van der Waals surface area contributed by atoms with Crippen molar-refractivity contribution in [3.8, 4) is 5.75 Å². The summed E-state index contributed by atoms with van der Waals surface area (Å²) in [4.78, 5) is 12.2. The van der Waals surface area contributed by atoms with Gasteiger partial charge in [-0.3, -0.25) is 4.79 Å². The van der Waals surface area contributed by atoms with Crippen LogP contribution >= 0.6 is 11.6 Å². The van der Waals surface area contributed by atoms with Crippen LogP contribution in [-0.2, 0) is 6.61 Å². The molecule has 5 heteroatoms. The van der Waals surface area contributed by atoms with E-state index < -0.39 is 5.82 Å². The van der Waals surface area contributed by atoms with Gasteiger partial charge in [0.2, 0.25) is 0 Å². The molecule has 3 nitrogen and oxygen atoms in total. The lowest BCUT2D eigenvalue weighted by Gasteiger charge is -2.09. The van der Waals surface area contributed by atoms with Crippen molar-refractivity contribution >= 4 is 23.2 Å². The van der Waals surface area contributed by atoms with E-state index in [4.69, 9.17) is 16.3 Å². The van der Waals surface area contributed by atoms with Crippen molar-refractivity contribution in [1.29, 1.82) is 0 Å². The van der Waals surface area contributed by atoms with E-state index in [0.717, 1.165) is 5.56 Å². The highest BCUT2D eigenvalue weighted by atomic mass is 35.5. The van der Waals surface area contributed by atoms with Gasteiger partial charge in [0.1, 0.15) is 18.2 Å². The molecule has 0 aliphatic rings. The maximum absolute atomic E-state index is 13.1. The fraction of sp³-hybridized carbons (Fsp3) is 0.0500. The molecule has 1 amide bonds. The van der Waals surface area contributed by atoms with Gasteiger partial charge in [-0.2, -0.15) is 0 Å². The minimum Gasteiger partial charge on any atom is -0.489 e. The number of nitrogens with one attached hydrogen (secondary N) is 1. The zero-order valence-corrected chi connectivity index (χ0v) is 14.0. The van der Waals surface area contributed by atoms with Gasteiger partial charge in [0, 0.05) is 21.8 Å². The summed E-state index contributed by atoms with van der Waals surface area (Å²) in [5.74, 6) is -0.0911. The quantitative estimate of drug-likeness (QED) is 0.673. The van der Waals surface area contributed by atoms with E-state index in [1.165, 1.54) is 18.2 Å². The standard InChI is InChI=1S/C20H15ClFNO2/c21-19-7-2-1-4-15(19)13-25-18-10-8-14(9-11-18)20(24)23-17-6-3-5-16(22)12-17/h1-12H,13H2,(H,23,24). The van der Waals surface area contributed by atoms with Gasteiger partial charge in [-0.25, -0.2) is 4.39 Å². The Morgan fingerprint density at radius 2 is 1.76 bits per heavy atom. The second kappa shape index (κ2) is 7.81. The van der Waals surface area contributed by atoms with E-state index in [1.54, 1.807) is 36.4 Å². The number of carbonyl (C=O) groups is 1. The van der Waals surface area contributed by atoms with Gasteiger partial charge in [0.05, 0.1) is 0 Å². The first-order valence-electron chi connectivity index (χ1n) is 7.65. The fourth-order valence-electron chi connectivity index (χ4n) is 2.25. The summed E-state index contributed by atoms with van der Waals surface area (Å²) in [6, 6.07) is 19.9. The lowest BCUT2D eigenvalue weighted by Crippen LogP contribution is -2.11. The van der Waals surface area contributed by atoms with Crippen LogP contribution in [0, 0.1) is 5.82 Å². The van der Waals surface area contributed by atoms with Crippen molar-refractivity contribution in [3.05, 3.63) is 94.8 Å². The third kappa shape index (κ3) is 4.58. The molecule has 0 bridgehead atoms. The lowest BCUT2D eigenvalue weighted by atomic mass is 10.2. The van der Waals surface area contributed by atoms with E-state index in [0.29, 0.717) is 28.6 Å². The lowest BCUT2D eigenvalue weighted by molar-refractivity contribution is 0.102.